The van der Waals surface area contributed by atoms with Crippen LogP contribution in [0.1, 0.15) is 0 Å². The van der Waals surface area contributed by atoms with Gasteiger partial charge in [-0.1, -0.05) is 42.1 Å². The molecular formula is C12H15N5OS. The lowest BCUT2D eigenvalue weighted by Crippen LogP contribution is -2.24. The third-order valence-electron chi connectivity index (χ3n) is 2.52. The molecule has 0 unspecified atom stereocenters. The lowest BCUT2D eigenvalue weighted by molar-refractivity contribution is -0.125. The number of aromatic nitrogens is 3. The summed E-state index contributed by atoms with van der Waals surface area (Å²) in [6.07, 6.45) is 0. The number of nitrogens with two attached hydrogens (primary N) is 1. The van der Waals surface area contributed by atoms with Crippen molar-refractivity contribution in [1.82, 2.24) is 19.8 Å². The summed E-state index contributed by atoms with van der Waals surface area (Å²) in [5.74, 6) is 6.82. The highest BCUT2D eigenvalue weighted by atomic mass is 32.2. The van der Waals surface area contributed by atoms with Gasteiger partial charge in [-0.15, -0.1) is 10.2 Å². The van der Waals surface area contributed by atoms with Gasteiger partial charge >= 0.3 is 0 Å². The molecule has 1 aromatic carbocycles. The fourth-order valence-electron chi connectivity index (χ4n) is 1.41. The number of carbonyl (C=O) groups is 1. The van der Waals surface area contributed by atoms with Gasteiger partial charge in [-0.05, 0) is 0 Å². The van der Waals surface area contributed by atoms with E-state index in [9.17, 15) is 4.79 Å². The molecule has 2 rings (SSSR count). The molecule has 0 radical (unpaired) electrons. The van der Waals surface area contributed by atoms with Crippen LogP contribution in [0.4, 0.5) is 0 Å². The van der Waals surface area contributed by atoms with Crippen LogP contribution < -0.4 is 5.84 Å². The van der Waals surface area contributed by atoms with Crippen LogP contribution in [0.15, 0.2) is 35.5 Å². The maximum absolute atomic E-state index is 11.5. The number of hydrogen-bond donors (Lipinski definition) is 1. The second-order valence-corrected chi connectivity index (χ2v) is 5.06. The first-order valence-corrected chi connectivity index (χ1v) is 6.67. The molecule has 100 valence electrons. The first-order chi connectivity index (χ1) is 9.09. The van der Waals surface area contributed by atoms with Crippen LogP contribution in [-0.4, -0.2) is 45.5 Å². The molecule has 7 heteroatoms. The second-order valence-electron chi connectivity index (χ2n) is 4.12. The van der Waals surface area contributed by atoms with Gasteiger partial charge in [0.2, 0.25) is 11.1 Å². The van der Waals surface area contributed by atoms with Crippen LogP contribution in [0.5, 0.6) is 0 Å². The number of benzene rings is 1. The first kappa shape index (κ1) is 13.4. The van der Waals surface area contributed by atoms with E-state index in [1.54, 1.807) is 14.1 Å². The summed E-state index contributed by atoms with van der Waals surface area (Å²) in [5, 5.41) is 8.58. The minimum atomic E-state index is 0.00858. The second kappa shape index (κ2) is 5.75. The molecule has 1 amide bonds. The highest BCUT2D eigenvalue weighted by Gasteiger charge is 2.13. The van der Waals surface area contributed by atoms with Crippen molar-refractivity contribution in [2.45, 2.75) is 5.16 Å². The van der Waals surface area contributed by atoms with Gasteiger partial charge in [0.05, 0.1) is 5.75 Å². The maximum atomic E-state index is 11.5. The van der Waals surface area contributed by atoms with Crippen molar-refractivity contribution in [3.63, 3.8) is 0 Å². The highest BCUT2D eigenvalue weighted by molar-refractivity contribution is 7.99. The molecule has 1 heterocycles. The van der Waals surface area contributed by atoms with Crippen LogP contribution in [0.25, 0.3) is 11.4 Å². The van der Waals surface area contributed by atoms with Crippen molar-refractivity contribution in [3.05, 3.63) is 30.3 Å². The summed E-state index contributed by atoms with van der Waals surface area (Å²) < 4.78 is 1.41. The molecule has 0 aliphatic heterocycles. The number of nitrogen functional groups attached to an aromatic ring is 1. The van der Waals surface area contributed by atoms with Gasteiger partial charge in [0.25, 0.3) is 0 Å². The standard InChI is InChI=1S/C12H15N5OS/c1-16(2)10(18)8-19-12-15-14-11(17(12)13)9-6-4-3-5-7-9/h3-7H,8,13H2,1-2H3. The Hall–Kier alpha value is -2.02. The van der Waals surface area contributed by atoms with E-state index in [2.05, 4.69) is 10.2 Å². The third kappa shape index (κ3) is 3.05. The average molecular weight is 277 g/mol. The predicted octanol–water partition coefficient (Wildman–Crippen LogP) is 0.839. The number of thioether (sulfide) groups is 1. The number of nitrogens with zero attached hydrogens (tertiary/aromatic N) is 4. The monoisotopic (exact) mass is 277 g/mol. The molecule has 0 fully saturated rings. The summed E-state index contributed by atoms with van der Waals surface area (Å²) in [4.78, 5) is 13.0. The lowest BCUT2D eigenvalue weighted by Gasteiger charge is -2.09. The molecule has 0 aliphatic rings. The van der Waals surface area contributed by atoms with Gasteiger partial charge in [-0.3, -0.25) is 4.79 Å². The summed E-state index contributed by atoms with van der Waals surface area (Å²) in [7, 11) is 3.43. The third-order valence-corrected chi connectivity index (χ3v) is 3.45. The van der Waals surface area contributed by atoms with Gasteiger partial charge < -0.3 is 10.7 Å². The SMILES string of the molecule is CN(C)C(=O)CSc1nnc(-c2ccccc2)n1N. The van der Waals surface area contributed by atoms with E-state index < -0.39 is 0 Å². The maximum Gasteiger partial charge on any atom is 0.232 e. The zero-order chi connectivity index (χ0) is 13.8. The number of amides is 1. The van der Waals surface area contributed by atoms with E-state index >= 15 is 0 Å². The van der Waals surface area contributed by atoms with E-state index in [4.69, 9.17) is 5.84 Å². The molecule has 19 heavy (non-hydrogen) atoms. The van der Waals surface area contributed by atoms with Crippen LogP contribution in [-0.2, 0) is 4.79 Å². The molecule has 0 aliphatic carbocycles. The first-order valence-electron chi connectivity index (χ1n) is 5.68. The summed E-state index contributed by atoms with van der Waals surface area (Å²) in [6.45, 7) is 0. The quantitative estimate of drug-likeness (QED) is 0.662. The van der Waals surface area contributed by atoms with Crippen molar-refractivity contribution < 1.29 is 4.79 Å². The van der Waals surface area contributed by atoms with Crippen molar-refractivity contribution in [2.75, 3.05) is 25.7 Å². The number of hydrogen-bond acceptors (Lipinski definition) is 5. The Labute approximate surface area is 115 Å². The average Bonchev–Trinajstić information content (AvgIpc) is 2.78. The molecule has 0 bridgehead atoms. The fraction of sp³-hybridized carbons (Fsp3) is 0.250. The summed E-state index contributed by atoms with van der Waals surface area (Å²) in [6, 6.07) is 9.56. The van der Waals surface area contributed by atoms with Crippen LogP contribution in [0.3, 0.4) is 0 Å². The molecule has 0 saturated heterocycles. The zero-order valence-corrected chi connectivity index (χ0v) is 11.6. The smallest absolute Gasteiger partial charge is 0.232 e. The Morgan fingerprint density at radius 2 is 2.00 bits per heavy atom. The Bertz CT molecular complexity index is 567. The molecular weight excluding hydrogens is 262 g/mol. The van der Waals surface area contributed by atoms with Gasteiger partial charge in [-0.25, -0.2) is 4.68 Å². The Morgan fingerprint density at radius 3 is 2.63 bits per heavy atom. The van der Waals surface area contributed by atoms with Crippen LogP contribution in [0.2, 0.25) is 0 Å². The van der Waals surface area contributed by atoms with Gasteiger partial charge in [0.15, 0.2) is 5.82 Å². The Kier molecular flexibility index (Phi) is 4.06. The van der Waals surface area contributed by atoms with Crippen LogP contribution >= 0.6 is 11.8 Å². The predicted molar refractivity (Wildman–Crippen MR) is 75.0 cm³/mol. The molecule has 1 aromatic heterocycles. The number of rotatable bonds is 4. The highest BCUT2D eigenvalue weighted by Crippen LogP contribution is 2.21. The summed E-state index contributed by atoms with van der Waals surface area (Å²) in [5.41, 5.74) is 0.892. The molecule has 6 nitrogen and oxygen atoms in total. The van der Waals surface area contributed by atoms with Gasteiger partial charge in [-0.2, -0.15) is 0 Å². The Balaban J connectivity index is 2.13. The number of carbonyl (C=O) groups excluding carboxylic acids is 1. The minimum Gasteiger partial charge on any atom is -0.348 e. The van der Waals surface area contributed by atoms with E-state index in [0.29, 0.717) is 11.0 Å². The molecule has 0 atom stereocenters. The lowest BCUT2D eigenvalue weighted by atomic mass is 10.2. The van der Waals surface area contributed by atoms with Crippen molar-refractivity contribution in [3.8, 4) is 11.4 Å². The van der Waals surface area contributed by atoms with Crippen molar-refractivity contribution >= 4 is 17.7 Å². The molecule has 0 saturated carbocycles. The van der Waals surface area contributed by atoms with Crippen LogP contribution in [0, 0.1) is 0 Å². The van der Waals surface area contributed by atoms with E-state index in [-0.39, 0.29) is 11.7 Å². The van der Waals surface area contributed by atoms with E-state index in [0.717, 1.165) is 5.56 Å². The van der Waals surface area contributed by atoms with Gasteiger partial charge in [0.1, 0.15) is 0 Å². The molecule has 0 spiro atoms. The zero-order valence-electron chi connectivity index (χ0n) is 10.8. The Morgan fingerprint density at radius 1 is 1.32 bits per heavy atom. The normalized spacial score (nSPS) is 10.4. The minimum absolute atomic E-state index is 0.00858. The molecule has 2 aromatic rings. The fourth-order valence-corrected chi connectivity index (χ4v) is 2.25. The van der Waals surface area contributed by atoms with Crippen molar-refractivity contribution in [2.24, 2.45) is 0 Å². The largest absolute Gasteiger partial charge is 0.348 e. The molecule has 2 N–H and O–H groups in total. The van der Waals surface area contributed by atoms with Gasteiger partial charge in [0, 0.05) is 19.7 Å². The van der Waals surface area contributed by atoms with Crippen molar-refractivity contribution in [1.29, 1.82) is 0 Å². The van der Waals surface area contributed by atoms with E-state index in [1.807, 2.05) is 30.3 Å². The topological polar surface area (TPSA) is 77.0 Å². The van der Waals surface area contributed by atoms with E-state index in [1.165, 1.54) is 21.3 Å². The summed E-state index contributed by atoms with van der Waals surface area (Å²) >= 11 is 1.27.